The molecular weight excluding hydrogens is 382 g/mol. The van der Waals surface area contributed by atoms with Gasteiger partial charge in [0.2, 0.25) is 11.8 Å². The second-order valence-corrected chi connectivity index (χ2v) is 6.58. The van der Waals surface area contributed by atoms with Gasteiger partial charge in [-0.25, -0.2) is 0 Å². The van der Waals surface area contributed by atoms with E-state index in [1.165, 1.54) is 6.92 Å². The van der Waals surface area contributed by atoms with Crippen molar-refractivity contribution in [2.24, 2.45) is 0 Å². The molecule has 5 nitrogen and oxygen atoms in total. The molecule has 23 heavy (non-hydrogen) atoms. The molecule has 0 saturated carbocycles. The fraction of sp³-hybridized carbons (Fsp3) is 0.500. The lowest BCUT2D eigenvalue weighted by Crippen LogP contribution is -2.40. The third-order valence-electron chi connectivity index (χ3n) is 4.00. The lowest BCUT2D eigenvalue weighted by molar-refractivity contribution is -0.132. The lowest BCUT2D eigenvalue weighted by Gasteiger charge is -2.26. The first-order valence-corrected chi connectivity index (χ1v) is 8.25. The molecule has 0 aromatic heterocycles. The van der Waals surface area contributed by atoms with Crippen molar-refractivity contribution in [1.82, 2.24) is 15.5 Å². The van der Waals surface area contributed by atoms with Crippen LogP contribution in [0.3, 0.4) is 0 Å². The lowest BCUT2D eigenvalue weighted by atomic mass is 10.0. The van der Waals surface area contributed by atoms with Gasteiger partial charge in [-0.15, -0.1) is 12.4 Å². The van der Waals surface area contributed by atoms with Gasteiger partial charge in [0.05, 0.1) is 12.5 Å². The van der Waals surface area contributed by atoms with Crippen molar-refractivity contribution < 1.29 is 9.59 Å². The average Bonchev–Trinajstić information content (AvgIpc) is 3.00. The van der Waals surface area contributed by atoms with Crippen LogP contribution in [0, 0.1) is 0 Å². The Morgan fingerprint density at radius 2 is 2.04 bits per heavy atom. The highest BCUT2D eigenvalue weighted by molar-refractivity contribution is 9.10. The van der Waals surface area contributed by atoms with E-state index in [-0.39, 0.29) is 42.7 Å². The maximum atomic E-state index is 12.5. The maximum Gasteiger partial charge on any atom is 0.225 e. The zero-order valence-corrected chi connectivity index (χ0v) is 15.7. The molecule has 1 heterocycles. The van der Waals surface area contributed by atoms with Crippen LogP contribution in [-0.4, -0.2) is 42.9 Å². The van der Waals surface area contributed by atoms with E-state index in [0.29, 0.717) is 0 Å². The van der Waals surface area contributed by atoms with E-state index in [9.17, 15) is 9.59 Å². The van der Waals surface area contributed by atoms with E-state index < -0.39 is 0 Å². The molecular formula is C16H23BrClN3O2. The highest BCUT2D eigenvalue weighted by atomic mass is 79.9. The van der Waals surface area contributed by atoms with Gasteiger partial charge in [-0.2, -0.15) is 0 Å². The number of nitrogens with zero attached hydrogens (tertiary/aromatic N) is 1. The molecule has 1 aliphatic heterocycles. The van der Waals surface area contributed by atoms with Gasteiger partial charge in [-0.3, -0.25) is 9.59 Å². The SMILES string of the molecule is CC(=O)NC(CC(=O)N(C)C1CCNC1)c1ccc(Br)cc1.Cl. The summed E-state index contributed by atoms with van der Waals surface area (Å²) in [4.78, 5) is 25.7. The maximum absolute atomic E-state index is 12.5. The van der Waals surface area contributed by atoms with Gasteiger partial charge >= 0.3 is 0 Å². The first-order chi connectivity index (χ1) is 10.5. The molecule has 0 radical (unpaired) electrons. The molecule has 2 atom stereocenters. The van der Waals surface area contributed by atoms with E-state index in [2.05, 4.69) is 26.6 Å². The van der Waals surface area contributed by atoms with Gasteiger partial charge < -0.3 is 15.5 Å². The van der Waals surface area contributed by atoms with Gasteiger partial charge in [-0.1, -0.05) is 28.1 Å². The zero-order valence-electron chi connectivity index (χ0n) is 13.3. The molecule has 1 aliphatic rings. The minimum atomic E-state index is -0.296. The first kappa shape index (κ1) is 19.9. The highest BCUT2D eigenvalue weighted by Crippen LogP contribution is 2.21. The summed E-state index contributed by atoms with van der Waals surface area (Å²) in [6, 6.07) is 7.63. The topological polar surface area (TPSA) is 61.4 Å². The monoisotopic (exact) mass is 403 g/mol. The molecule has 2 rings (SSSR count). The predicted molar refractivity (Wildman–Crippen MR) is 96.6 cm³/mol. The molecule has 1 fully saturated rings. The van der Waals surface area contributed by atoms with E-state index in [1.807, 2.05) is 31.3 Å². The van der Waals surface area contributed by atoms with Crippen molar-refractivity contribution in [2.75, 3.05) is 20.1 Å². The highest BCUT2D eigenvalue weighted by Gasteiger charge is 2.26. The minimum absolute atomic E-state index is 0. The third kappa shape index (κ3) is 5.79. The van der Waals surface area contributed by atoms with Crippen LogP contribution in [0.25, 0.3) is 0 Å². The Bertz CT molecular complexity index is 533. The van der Waals surface area contributed by atoms with Crippen molar-refractivity contribution in [3.8, 4) is 0 Å². The Morgan fingerprint density at radius 1 is 1.39 bits per heavy atom. The van der Waals surface area contributed by atoms with Gasteiger partial charge in [0.25, 0.3) is 0 Å². The van der Waals surface area contributed by atoms with E-state index in [4.69, 9.17) is 0 Å². The number of likely N-dealkylation sites (N-methyl/N-ethyl adjacent to an activating group) is 1. The van der Waals surface area contributed by atoms with Crippen molar-refractivity contribution >= 4 is 40.2 Å². The number of carbonyl (C=O) groups excluding carboxylic acids is 2. The van der Waals surface area contributed by atoms with Crippen LogP contribution < -0.4 is 10.6 Å². The van der Waals surface area contributed by atoms with Crippen LogP contribution in [0.1, 0.15) is 31.4 Å². The van der Waals surface area contributed by atoms with Crippen LogP contribution in [0.5, 0.6) is 0 Å². The second-order valence-electron chi connectivity index (χ2n) is 5.66. The summed E-state index contributed by atoms with van der Waals surface area (Å²) in [6.07, 6.45) is 1.25. The number of rotatable bonds is 5. The summed E-state index contributed by atoms with van der Waals surface area (Å²) < 4.78 is 0.971. The number of carbonyl (C=O) groups is 2. The summed E-state index contributed by atoms with van der Waals surface area (Å²) in [5.74, 6) is -0.0822. The van der Waals surface area contributed by atoms with Crippen LogP contribution in [0.15, 0.2) is 28.7 Å². The predicted octanol–water partition coefficient (Wildman–Crippen LogP) is 2.26. The van der Waals surface area contributed by atoms with E-state index >= 15 is 0 Å². The summed E-state index contributed by atoms with van der Waals surface area (Å²) in [7, 11) is 1.84. The zero-order chi connectivity index (χ0) is 16.1. The molecule has 128 valence electrons. The Morgan fingerprint density at radius 3 is 2.57 bits per heavy atom. The summed E-state index contributed by atoms with van der Waals surface area (Å²) >= 11 is 3.39. The fourth-order valence-electron chi connectivity index (χ4n) is 2.68. The molecule has 2 N–H and O–H groups in total. The molecule has 0 aliphatic carbocycles. The van der Waals surface area contributed by atoms with E-state index in [0.717, 1.165) is 29.5 Å². The van der Waals surface area contributed by atoms with Gasteiger partial charge in [0.15, 0.2) is 0 Å². The first-order valence-electron chi connectivity index (χ1n) is 7.46. The fourth-order valence-corrected chi connectivity index (χ4v) is 2.95. The largest absolute Gasteiger partial charge is 0.349 e. The van der Waals surface area contributed by atoms with Crippen LogP contribution in [-0.2, 0) is 9.59 Å². The van der Waals surface area contributed by atoms with Crippen molar-refractivity contribution in [3.05, 3.63) is 34.3 Å². The third-order valence-corrected chi connectivity index (χ3v) is 4.53. The molecule has 1 saturated heterocycles. The number of halogens is 2. The molecule has 0 bridgehead atoms. The molecule has 1 aromatic rings. The number of benzene rings is 1. The Hall–Kier alpha value is -1.11. The Kier molecular flexibility index (Phi) is 8.02. The molecule has 2 unspecified atom stereocenters. The van der Waals surface area contributed by atoms with E-state index in [1.54, 1.807) is 4.90 Å². The minimum Gasteiger partial charge on any atom is -0.349 e. The van der Waals surface area contributed by atoms with Gasteiger partial charge in [-0.05, 0) is 30.7 Å². The van der Waals surface area contributed by atoms with Crippen molar-refractivity contribution in [3.63, 3.8) is 0 Å². The smallest absolute Gasteiger partial charge is 0.225 e. The van der Waals surface area contributed by atoms with Gasteiger partial charge in [0.1, 0.15) is 0 Å². The average molecular weight is 405 g/mol. The number of amides is 2. The summed E-state index contributed by atoms with van der Waals surface area (Å²) in [5.41, 5.74) is 0.935. The number of hydrogen-bond donors (Lipinski definition) is 2. The summed E-state index contributed by atoms with van der Waals surface area (Å²) in [5, 5.41) is 6.14. The molecule has 0 spiro atoms. The van der Waals surface area contributed by atoms with Crippen molar-refractivity contribution in [2.45, 2.75) is 31.8 Å². The van der Waals surface area contributed by atoms with Crippen molar-refractivity contribution in [1.29, 1.82) is 0 Å². The Labute approximate surface area is 151 Å². The Balaban J connectivity index is 0.00000264. The summed E-state index contributed by atoms with van der Waals surface area (Å²) in [6.45, 7) is 3.26. The number of nitrogens with one attached hydrogen (secondary N) is 2. The van der Waals surface area contributed by atoms with Crippen LogP contribution in [0.4, 0.5) is 0 Å². The van der Waals surface area contributed by atoms with Crippen LogP contribution >= 0.6 is 28.3 Å². The normalized spacial score (nSPS) is 18.0. The number of hydrogen-bond acceptors (Lipinski definition) is 3. The standard InChI is InChI=1S/C16H22BrN3O2.ClH/c1-11(21)19-15(12-3-5-13(17)6-4-12)9-16(22)20(2)14-7-8-18-10-14;/h3-6,14-15,18H,7-10H2,1-2H3,(H,19,21);1H. The molecule has 2 amide bonds. The second kappa shape index (κ2) is 9.25. The van der Waals surface area contributed by atoms with Crippen LogP contribution in [0.2, 0.25) is 0 Å². The quantitative estimate of drug-likeness (QED) is 0.791. The molecule has 7 heteroatoms. The molecule has 1 aromatic carbocycles. The van der Waals surface area contributed by atoms with Gasteiger partial charge in [0, 0.05) is 31.0 Å².